The fourth-order valence-electron chi connectivity index (χ4n) is 2.90. The molecule has 0 spiro atoms. The van der Waals surface area contributed by atoms with Crippen molar-refractivity contribution in [1.82, 2.24) is 14.5 Å². The quantitative estimate of drug-likeness (QED) is 0.849. The minimum atomic E-state index is 0.635. The van der Waals surface area contributed by atoms with E-state index in [1.807, 2.05) is 18.5 Å². The summed E-state index contributed by atoms with van der Waals surface area (Å²) < 4.78 is 13.4. The number of aromatic nitrogens is 2. The first-order valence-corrected chi connectivity index (χ1v) is 7.88. The molecule has 1 aromatic heterocycles. The summed E-state index contributed by atoms with van der Waals surface area (Å²) in [5.41, 5.74) is 1.27. The molecule has 0 unspecified atom stereocenters. The van der Waals surface area contributed by atoms with E-state index in [9.17, 15) is 0 Å². The van der Waals surface area contributed by atoms with Crippen LogP contribution in [0.3, 0.4) is 0 Å². The summed E-state index contributed by atoms with van der Waals surface area (Å²) in [4.78, 5) is 6.96. The average molecular weight is 299 g/mol. The van der Waals surface area contributed by atoms with Gasteiger partial charge < -0.3 is 14.0 Å². The molecule has 2 aliphatic rings. The molecule has 4 rings (SSSR count). The second-order valence-electron chi connectivity index (χ2n) is 6.07. The normalized spacial score (nSPS) is 17.0. The van der Waals surface area contributed by atoms with Gasteiger partial charge in [-0.1, -0.05) is 6.07 Å². The van der Waals surface area contributed by atoms with Crippen LogP contribution >= 0.6 is 0 Å². The Kier molecular flexibility index (Phi) is 3.50. The van der Waals surface area contributed by atoms with Gasteiger partial charge in [-0.05, 0) is 30.5 Å². The zero-order valence-electron chi connectivity index (χ0n) is 12.9. The van der Waals surface area contributed by atoms with Crippen molar-refractivity contribution in [3.8, 4) is 11.5 Å². The lowest BCUT2D eigenvalue weighted by atomic mass is 10.1. The first-order chi connectivity index (χ1) is 10.8. The highest BCUT2D eigenvalue weighted by molar-refractivity contribution is 5.43. The Hall–Kier alpha value is -2.01. The average Bonchev–Trinajstić information content (AvgIpc) is 3.31. The summed E-state index contributed by atoms with van der Waals surface area (Å²) in [6, 6.07) is 6.96. The molecule has 1 aromatic carbocycles. The Balaban J connectivity index is 1.51. The number of fused-ring (bicyclic) bond motifs is 1. The van der Waals surface area contributed by atoms with Crippen LogP contribution in [0.1, 0.15) is 24.2 Å². The molecule has 0 amide bonds. The highest BCUT2D eigenvalue weighted by Crippen LogP contribution is 2.33. The van der Waals surface area contributed by atoms with Gasteiger partial charge in [-0.2, -0.15) is 0 Å². The Labute approximate surface area is 130 Å². The maximum atomic E-state index is 5.69. The molecule has 2 aromatic rings. The van der Waals surface area contributed by atoms with Gasteiger partial charge in [-0.3, -0.25) is 4.90 Å². The fourth-order valence-corrected chi connectivity index (χ4v) is 2.90. The summed E-state index contributed by atoms with van der Waals surface area (Å²) in [6.45, 7) is 3.09. The van der Waals surface area contributed by atoms with Crippen molar-refractivity contribution in [2.45, 2.75) is 32.0 Å². The zero-order chi connectivity index (χ0) is 14.9. The molecular weight excluding hydrogens is 278 g/mol. The molecule has 5 heteroatoms. The van der Waals surface area contributed by atoms with Crippen molar-refractivity contribution in [2.75, 3.05) is 13.2 Å². The van der Waals surface area contributed by atoms with Crippen LogP contribution in [0.25, 0.3) is 0 Å². The number of ether oxygens (including phenoxy) is 2. The smallest absolute Gasteiger partial charge is 0.161 e. The first-order valence-electron chi connectivity index (χ1n) is 7.88. The Morgan fingerprint density at radius 3 is 2.73 bits per heavy atom. The summed E-state index contributed by atoms with van der Waals surface area (Å²) >= 11 is 0. The number of benzene rings is 1. The number of imidazole rings is 1. The molecule has 1 aliphatic carbocycles. The molecule has 1 saturated carbocycles. The van der Waals surface area contributed by atoms with Crippen molar-refractivity contribution in [3.63, 3.8) is 0 Å². The van der Waals surface area contributed by atoms with Gasteiger partial charge in [0.25, 0.3) is 0 Å². The lowest BCUT2D eigenvalue weighted by Crippen LogP contribution is -2.26. The van der Waals surface area contributed by atoms with E-state index < -0.39 is 0 Å². The van der Waals surface area contributed by atoms with E-state index in [0.29, 0.717) is 19.3 Å². The van der Waals surface area contributed by atoms with E-state index in [0.717, 1.165) is 30.4 Å². The second-order valence-corrected chi connectivity index (χ2v) is 6.07. The maximum Gasteiger partial charge on any atom is 0.161 e. The monoisotopic (exact) mass is 299 g/mol. The Morgan fingerprint density at radius 1 is 1.18 bits per heavy atom. The van der Waals surface area contributed by atoms with Crippen LogP contribution in [0, 0.1) is 0 Å². The lowest BCUT2D eigenvalue weighted by Gasteiger charge is -2.23. The van der Waals surface area contributed by atoms with Gasteiger partial charge in [0, 0.05) is 32.0 Å². The minimum absolute atomic E-state index is 0.635. The van der Waals surface area contributed by atoms with Gasteiger partial charge >= 0.3 is 0 Å². The topological polar surface area (TPSA) is 39.5 Å². The van der Waals surface area contributed by atoms with Crippen LogP contribution in [-0.4, -0.2) is 33.7 Å². The van der Waals surface area contributed by atoms with Gasteiger partial charge in [0.2, 0.25) is 0 Å². The van der Waals surface area contributed by atoms with Crippen LogP contribution in [-0.2, 0) is 20.1 Å². The van der Waals surface area contributed by atoms with Crippen LogP contribution in [0.2, 0.25) is 0 Å². The molecule has 0 radical (unpaired) electrons. The molecule has 0 N–H and O–H groups in total. The molecule has 1 aliphatic heterocycles. The number of nitrogens with zero attached hydrogens (tertiary/aromatic N) is 3. The summed E-state index contributed by atoms with van der Waals surface area (Å²) in [7, 11) is 2.05. The van der Waals surface area contributed by atoms with Crippen molar-refractivity contribution < 1.29 is 9.47 Å². The van der Waals surface area contributed by atoms with E-state index in [4.69, 9.17) is 9.47 Å². The lowest BCUT2D eigenvalue weighted by molar-refractivity contribution is 0.170. The Morgan fingerprint density at radius 2 is 2.00 bits per heavy atom. The van der Waals surface area contributed by atoms with Gasteiger partial charge in [0.05, 0.1) is 6.54 Å². The van der Waals surface area contributed by atoms with Crippen molar-refractivity contribution >= 4 is 0 Å². The predicted octanol–water partition coefficient (Wildman–Crippen LogP) is 2.36. The van der Waals surface area contributed by atoms with Crippen molar-refractivity contribution in [3.05, 3.63) is 42.0 Å². The predicted molar refractivity (Wildman–Crippen MR) is 82.9 cm³/mol. The standard InChI is InChI=1S/C17H21N3O2/c1-19-7-6-18-17(19)12-20(14-3-4-14)11-13-2-5-15-16(10-13)22-9-8-21-15/h2,5-7,10,14H,3-4,8-9,11-12H2,1H3. The molecule has 0 atom stereocenters. The van der Waals surface area contributed by atoms with Crippen LogP contribution in [0.4, 0.5) is 0 Å². The molecule has 0 bridgehead atoms. The number of rotatable bonds is 5. The van der Waals surface area contributed by atoms with Crippen LogP contribution < -0.4 is 9.47 Å². The number of hydrogen-bond donors (Lipinski definition) is 0. The van der Waals surface area contributed by atoms with E-state index in [2.05, 4.69) is 33.6 Å². The van der Waals surface area contributed by atoms with Crippen LogP contribution in [0.15, 0.2) is 30.6 Å². The third kappa shape index (κ3) is 2.81. The number of aryl methyl sites for hydroxylation is 1. The van der Waals surface area contributed by atoms with E-state index >= 15 is 0 Å². The third-order valence-corrected chi connectivity index (χ3v) is 4.32. The second kappa shape index (κ2) is 5.65. The molecular formula is C17H21N3O2. The molecule has 2 heterocycles. The van der Waals surface area contributed by atoms with Crippen molar-refractivity contribution in [1.29, 1.82) is 0 Å². The fraction of sp³-hybridized carbons (Fsp3) is 0.471. The van der Waals surface area contributed by atoms with Crippen LogP contribution in [0.5, 0.6) is 11.5 Å². The molecule has 1 fully saturated rings. The Bertz CT molecular complexity index is 664. The molecule has 116 valence electrons. The van der Waals surface area contributed by atoms with E-state index in [1.54, 1.807) is 0 Å². The van der Waals surface area contributed by atoms with Gasteiger partial charge in [0.15, 0.2) is 11.5 Å². The summed E-state index contributed by atoms with van der Waals surface area (Å²) in [6.07, 6.45) is 6.44. The SMILES string of the molecule is Cn1ccnc1CN(Cc1ccc2c(c1)OCCO2)C1CC1. The largest absolute Gasteiger partial charge is 0.486 e. The number of hydrogen-bond acceptors (Lipinski definition) is 4. The molecule has 0 saturated heterocycles. The third-order valence-electron chi connectivity index (χ3n) is 4.32. The van der Waals surface area contributed by atoms with Gasteiger partial charge in [-0.15, -0.1) is 0 Å². The van der Waals surface area contributed by atoms with E-state index in [-0.39, 0.29) is 0 Å². The first kappa shape index (κ1) is 13.6. The minimum Gasteiger partial charge on any atom is -0.486 e. The maximum absolute atomic E-state index is 5.69. The molecule has 22 heavy (non-hydrogen) atoms. The van der Waals surface area contributed by atoms with E-state index in [1.165, 1.54) is 18.4 Å². The summed E-state index contributed by atoms with van der Waals surface area (Å²) in [5.74, 6) is 2.85. The highest BCUT2D eigenvalue weighted by Gasteiger charge is 2.30. The highest BCUT2D eigenvalue weighted by atomic mass is 16.6. The van der Waals surface area contributed by atoms with Gasteiger partial charge in [0.1, 0.15) is 19.0 Å². The van der Waals surface area contributed by atoms with Crippen molar-refractivity contribution in [2.24, 2.45) is 7.05 Å². The molecule has 5 nitrogen and oxygen atoms in total. The zero-order valence-corrected chi connectivity index (χ0v) is 12.9. The van der Waals surface area contributed by atoms with Gasteiger partial charge in [-0.25, -0.2) is 4.98 Å². The summed E-state index contributed by atoms with van der Waals surface area (Å²) in [5, 5.41) is 0.